The SMILES string of the molecule is Cc1nccn1-c1cc(O[C@H]2C[C@H](n3nc4n(c3=O)[C@H](c3cc(F)cc(F)c3)CC4)C2)ncn1. The maximum atomic E-state index is 13.7. The van der Waals surface area contributed by atoms with Crippen LogP contribution in [0, 0.1) is 18.6 Å². The highest BCUT2D eigenvalue weighted by molar-refractivity contribution is 5.29. The number of aryl methyl sites for hydroxylation is 2. The number of benzene rings is 1. The number of rotatable bonds is 5. The fourth-order valence-corrected chi connectivity index (χ4v) is 4.79. The van der Waals surface area contributed by atoms with Gasteiger partial charge in [-0.3, -0.25) is 9.13 Å². The van der Waals surface area contributed by atoms with E-state index in [4.69, 9.17) is 4.74 Å². The van der Waals surface area contributed by atoms with E-state index in [0.29, 0.717) is 48.8 Å². The number of fused-ring (bicyclic) bond motifs is 1. The van der Waals surface area contributed by atoms with E-state index in [2.05, 4.69) is 20.1 Å². The Morgan fingerprint density at radius 2 is 1.85 bits per heavy atom. The van der Waals surface area contributed by atoms with Crippen LogP contribution in [0.2, 0.25) is 0 Å². The van der Waals surface area contributed by atoms with Crippen molar-refractivity contribution in [3.8, 4) is 11.7 Å². The first-order valence-electron chi connectivity index (χ1n) is 11.1. The standard InChI is InChI=1S/C23H21F2N7O2/c1-13-26-4-5-30(13)21-11-22(28-12-27-21)34-18-9-17(10-18)32-23(33)31-19(2-3-20(31)29-32)14-6-15(24)8-16(25)7-14/h4-8,11-12,17-19H,2-3,9-10H2,1H3/t17-,18-,19-/m0/s1. The lowest BCUT2D eigenvalue weighted by Gasteiger charge is -2.34. The van der Waals surface area contributed by atoms with Crippen molar-refractivity contribution in [2.45, 2.75) is 50.8 Å². The molecule has 4 heterocycles. The zero-order chi connectivity index (χ0) is 23.4. The van der Waals surface area contributed by atoms with Crippen LogP contribution in [0.3, 0.4) is 0 Å². The second kappa shape index (κ2) is 7.86. The summed E-state index contributed by atoms with van der Waals surface area (Å²) in [6.07, 6.45) is 7.24. The van der Waals surface area contributed by atoms with Gasteiger partial charge in [0, 0.05) is 43.8 Å². The normalized spacial score (nSPS) is 21.3. The lowest BCUT2D eigenvalue weighted by molar-refractivity contribution is 0.0583. The van der Waals surface area contributed by atoms with Crippen molar-refractivity contribution in [2.24, 2.45) is 0 Å². The Morgan fingerprint density at radius 1 is 1.06 bits per heavy atom. The second-order valence-electron chi connectivity index (χ2n) is 8.69. The van der Waals surface area contributed by atoms with Gasteiger partial charge in [-0.25, -0.2) is 33.2 Å². The Morgan fingerprint density at radius 3 is 2.59 bits per heavy atom. The predicted octanol–water partition coefficient (Wildman–Crippen LogP) is 2.93. The molecule has 6 rings (SSSR count). The smallest absolute Gasteiger partial charge is 0.346 e. The van der Waals surface area contributed by atoms with Crippen LogP contribution in [0.4, 0.5) is 8.78 Å². The first-order chi connectivity index (χ1) is 16.5. The van der Waals surface area contributed by atoms with Crippen LogP contribution in [0.25, 0.3) is 5.82 Å². The predicted molar refractivity (Wildman–Crippen MR) is 116 cm³/mol. The minimum Gasteiger partial charge on any atom is -0.474 e. The summed E-state index contributed by atoms with van der Waals surface area (Å²) in [6, 6.07) is 4.62. The van der Waals surface area contributed by atoms with Crippen molar-refractivity contribution < 1.29 is 13.5 Å². The van der Waals surface area contributed by atoms with Crippen molar-refractivity contribution in [2.75, 3.05) is 0 Å². The molecule has 174 valence electrons. The zero-order valence-electron chi connectivity index (χ0n) is 18.3. The molecule has 0 radical (unpaired) electrons. The van der Waals surface area contributed by atoms with Gasteiger partial charge >= 0.3 is 5.69 Å². The van der Waals surface area contributed by atoms with Crippen LogP contribution in [0.15, 0.2) is 47.8 Å². The minimum absolute atomic E-state index is 0.0994. The van der Waals surface area contributed by atoms with Gasteiger partial charge in [0.15, 0.2) is 0 Å². The first-order valence-corrected chi connectivity index (χ1v) is 11.1. The van der Waals surface area contributed by atoms with Gasteiger partial charge < -0.3 is 4.74 Å². The molecule has 1 atom stereocenters. The van der Waals surface area contributed by atoms with Gasteiger partial charge in [0.25, 0.3) is 0 Å². The Hall–Kier alpha value is -3.89. The summed E-state index contributed by atoms with van der Waals surface area (Å²) in [7, 11) is 0. The molecular formula is C23H21F2N7O2. The number of hydrogen-bond acceptors (Lipinski definition) is 6. The van der Waals surface area contributed by atoms with Gasteiger partial charge in [0.05, 0.1) is 12.1 Å². The molecular weight excluding hydrogens is 444 g/mol. The molecule has 0 bridgehead atoms. The Bertz CT molecular complexity index is 1420. The van der Waals surface area contributed by atoms with E-state index < -0.39 is 17.7 Å². The number of hydrogen-bond donors (Lipinski definition) is 0. The van der Waals surface area contributed by atoms with Crippen molar-refractivity contribution in [1.29, 1.82) is 0 Å². The average Bonchev–Trinajstić information content (AvgIpc) is 3.47. The van der Waals surface area contributed by atoms with Crippen molar-refractivity contribution in [1.82, 2.24) is 33.9 Å². The Labute approximate surface area is 192 Å². The van der Waals surface area contributed by atoms with Crippen molar-refractivity contribution in [3.05, 3.63) is 82.3 Å². The largest absolute Gasteiger partial charge is 0.474 e. The molecule has 1 aliphatic heterocycles. The van der Waals surface area contributed by atoms with E-state index in [-0.39, 0.29) is 17.8 Å². The third-order valence-corrected chi connectivity index (χ3v) is 6.53. The van der Waals surface area contributed by atoms with Crippen LogP contribution in [0.1, 0.15) is 48.6 Å². The summed E-state index contributed by atoms with van der Waals surface area (Å²) in [5.74, 6) is 1.25. The van der Waals surface area contributed by atoms with Crippen LogP contribution in [-0.2, 0) is 6.42 Å². The fourth-order valence-electron chi connectivity index (χ4n) is 4.79. The molecule has 11 heteroatoms. The lowest BCUT2D eigenvalue weighted by Crippen LogP contribution is -2.41. The number of ether oxygens (including phenoxy) is 1. The van der Waals surface area contributed by atoms with E-state index in [1.165, 1.54) is 23.1 Å². The molecule has 34 heavy (non-hydrogen) atoms. The molecule has 0 spiro atoms. The number of nitrogens with zero attached hydrogens (tertiary/aromatic N) is 7. The van der Waals surface area contributed by atoms with Crippen LogP contribution in [0.5, 0.6) is 5.88 Å². The highest BCUT2D eigenvalue weighted by atomic mass is 19.1. The maximum absolute atomic E-state index is 13.7. The molecule has 1 aromatic carbocycles. The van der Waals surface area contributed by atoms with E-state index in [1.807, 2.05) is 17.7 Å². The summed E-state index contributed by atoms with van der Waals surface area (Å²) < 4.78 is 38.3. The van der Waals surface area contributed by atoms with Crippen LogP contribution < -0.4 is 10.4 Å². The molecule has 1 aliphatic carbocycles. The summed E-state index contributed by atoms with van der Waals surface area (Å²) >= 11 is 0. The van der Waals surface area contributed by atoms with E-state index in [9.17, 15) is 13.6 Å². The van der Waals surface area contributed by atoms with Crippen LogP contribution >= 0.6 is 0 Å². The average molecular weight is 465 g/mol. The highest BCUT2D eigenvalue weighted by Crippen LogP contribution is 2.36. The Kier molecular flexibility index (Phi) is 4.78. The monoisotopic (exact) mass is 465 g/mol. The molecule has 0 unspecified atom stereocenters. The quantitative estimate of drug-likeness (QED) is 0.450. The van der Waals surface area contributed by atoms with Crippen molar-refractivity contribution >= 4 is 0 Å². The molecule has 3 aromatic heterocycles. The summed E-state index contributed by atoms with van der Waals surface area (Å²) in [5.41, 5.74) is 0.186. The molecule has 2 aliphatic rings. The van der Waals surface area contributed by atoms with Gasteiger partial charge in [0.2, 0.25) is 5.88 Å². The topological polar surface area (TPSA) is 92.7 Å². The lowest BCUT2D eigenvalue weighted by atomic mass is 9.89. The first kappa shape index (κ1) is 20.7. The van der Waals surface area contributed by atoms with E-state index >= 15 is 0 Å². The number of halogens is 2. The minimum atomic E-state index is -0.654. The third kappa shape index (κ3) is 3.47. The van der Waals surface area contributed by atoms with Gasteiger partial charge in [-0.05, 0) is 31.0 Å². The van der Waals surface area contributed by atoms with Crippen LogP contribution in [-0.4, -0.2) is 40.0 Å². The van der Waals surface area contributed by atoms with E-state index in [0.717, 1.165) is 11.9 Å². The summed E-state index contributed by atoms with van der Waals surface area (Å²) in [4.78, 5) is 25.8. The summed E-state index contributed by atoms with van der Waals surface area (Å²) in [5, 5.41) is 4.52. The third-order valence-electron chi connectivity index (χ3n) is 6.53. The number of imidazole rings is 1. The van der Waals surface area contributed by atoms with Crippen molar-refractivity contribution in [3.63, 3.8) is 0 Å². The zero-order valence-corrected chi connectivity index (χ0v) is 18.3. The molecule has 0 amide bonds. The van der Waals surface area contributed by atoms with Gasteiger partial charge in [0.1, 0.15) is 41.5 Å². The Balaban J connectivity index is 1.16. The van der Waals surface area contributed by atoms with Gasteiger partial charge in [-0.2, -0.15) is 5.10 Å². The van der Waals surface area contributed by atoms with E-state index in [1.54, 1.807) is 16.8 Å². The number of aromatic nitrogens is 7. The second-order valence-corrected chi connectivity index (χ2v) is 8.69. The molecule has 1 fully saturated rings. The molecule has 4 aromatic rings. The summed E-state index contributed by atoms with van der Waals surface area (Å²) in [6.45, 7) is 1.88. The molecule has 0 saturated heterocycles. The molecule has 9 nitrogen and oxygen atoms in total. The van der Waals surface area contributed by atoms with Gasteiger partial charge in [-0.1, -0.05) is 0 Å². The maximum Gasteiger partial charge on any atom is 0.346 e. The highest BCUT2D eigenvalue weighted by Gasteiger charge is 2.38. The fraction of sp³-hybridized carbons (Fsp3) is 0.348. The van der Waals surface area contributed by atoms with Gasteiger partial charge in [-0.15, -0.1) is 0 Å². The molecule has 1 saturated carbocycles. The molecule has 0 N–H and O–H groups in total.